The zero-order valence-electron chi connectivity index (χ0n) is 13.4. The van der Waals surface area contributed by atoms with Gasteiger partial charge in [0.15, 0.2) is 11.0 Å². The molecule has 1 N–H and O–H groups in total. The first-order valence-corrected chi connectivity index (χ1v) is 8.51. The minimum Gasteiger partial charge on any atom is -0.353 e. The number of aromatic nitrogens is 4. The zero-order chi connectivity index (χ0) is 16.7. The van der Waals surface area contributed by atoms with Gasteiger partial charge in [-0.25, -0.2) is 0 Å². The molecule has 0 fully saturated rings. The molecule has 2 aromatic rings. The largest absolute Gasteiger partial charge is 0.353 e. The van der Waals surface area contributed by atoms with Crippen molar-refractivity contribution in [2.24, 2.45) is 0 Å². The van der Waals surface area contributed by atoms with E-state index >= 15 is 0 Å². The molecule has 0 aromatic carbocycles. The standard InChI is InChI=1S/C16H21N5OS/c1-4-10-21-15(13-6-8-17-9-7-13)19-20-16(21)23-11-14(22)18-12(3)5-2/h4,6-9,12H,1,5,10-11H2,2-3H3,(H,18,22). The molecule has 2 aromatic heterocycles. The van der Waals surface area contributed by atoms with E-state index in [0.717, 1.165) is 17.8 Å². The second kappa shape index (κ2) is 8.47. The molecule has 0 aliphatic carbocycles. The van der Waals surface area contributed by atoms with Crippen molar-refractivity contribution in [2.45, 2.75) is 38.0 Å². The second-order valence-corrected chi connectivity index (χ2v) is 6.05. The maximum atomic E-state index is 11.9. The van der Waals surface area contributed by atoms with Gasteiger partial charge in [0, 0.05) is 30.5 Å². The second-order valence-electron chi connectivity index (χ2n) is 5.11. The summed E-state index contributed by atoms with van der Waals surface area (Å²) in [7, 11) is 0. The van der Waals surface area contributed by atoms with E-state index in [1.807, 2.05) is 30.5 Å². The van der Waals surface area contributed by atoms with Crippen molar-refractivity contribution >= 4 is 17.7 Å². The Morgan fingerprint density at radius 1 is 1.43 bits per heavy atom. The normalized spacial score (nSPS) is 11.9. The van der Waals surface area contributed by atoms with Crippen molar-refractivity contribution in [3.63, 3.8) is 0 Å². The Morgan fingerprint density at radius 2 is 2.17 bits per heavy atom. The molecule has 6 nitrogen and oxygen atoms in total. The fourth-order valence-corrected chi connectivity index (χ4v) is 2.71. The summed E-state index contributed by atoms with van der Waals surface area (Å²) in [6.07, 6.45) is 6.13. The molecule has 23 heavy (non-hydrogen) atoms. The highest BCUT2D eigenvalue weighted by Gasteiger charge is 2.15. The Morgan fingerprint density at radius 3 is 2.83 bits per heavy atom. The highest BCUT2D eigenvalue weighted by Crippen LogP contribution is 2.23. The van der Waals surface area contributed by atoms with Crippen molar-refractivity contribution in [2.75, 3.05) is 5.75 Å². The predicted molar refractivity (Wildman–Crippen MR) is 92.1 cm³/mol. The van der Waals surface area contributed by atoms with E-state index in [0.29, 0.717) is 17.5 Å². The molecule has 0 aliphatic heterocycles. The SMILES string of the molecule is C=CCn1c(SCC(=O)NC(C)CC)nnc1-c1ccncc1. The number of allylic oxidation sites excluding steroid dienone is 1. The molecule has 0 bridgehead atoms. The monoisotopic (exact) mass is 331 g/mol. The summed E-state index contributed by atoms with van der Waals surface area (Å²) in [5, 5.41) is 12.1. The van der Waals surface area contributed by atoms with Crippen molar-refractivity contribution in [1.82, 2.24) is 25.1 Å². The van der Waals surface area contributed by atoms with Gasteiger partial charge in [0.05, 0.1) is 5.75 Å². The van der Waals surface area contributed by atoms with Crippen LogP contribution in [0.3, 0.4) is 0 Å². The summed E-state index contributed by atoms with van der Waals surface area (Å²) in [5.41, 5.74) is 0.935. The van der Waals surface area contributed by atoms with Crippen LogP contribution >= 0.6 is 11.8 Å². The van der Waals surface area contributed by atoms with Crippen molar-refractivity contribution in [3.05, 3.63) is 37.2 Å². The summed E-state index contributed by atoms with van der Waals surface area (Å²) in [4.78, 5) is 15.9. The number of thioether (sulfide) groups is 1. The van der Waals surface area contributed by atoms with Crippen molar-refractivity contribution in [3.8, 4) is 11.4 Å². The van der Waals surface area contributed by atoms with Gasteiger partial charge in [-0.05, 0) is 25.5 Å². The van der Waals surface area contributed by atoms with Crippen LogP contribution in [0.1, 0.15) is 20.3 Å². The first-order valence-electron chi connectivity index (χ1n) is 7.52. The van der Waals surface area contributed by atoms with Gasteiger partial charge in [-0.1, -0.05) is 24.8 Å². The van der Waals surface area contributed by atoms with E-state index in [2.05, 4.69) is 27.1 Å². The Kier molecular flexibility index (Phi) is 6.34. The number of carbonyl (C=O) groups excluding carboxylic acids is 1. The topological polar surface area (TPSA) is 72.7 Å². The van der Waals surface area contributed by atoms with Gasteiger partial charge in [-0.15, -0.1) is 16.8 Å². The molecule has 2 heterocycles. The molecule has 2 rings (SSSR count). The van der Waals surface area contributed by atoms with E-state index in [9.17, 15) is 4.79 Å². The van der Waals surface area contributed by atoms with Gasteiger partial charge in [-0.2, -0.15) is 0 Å². The highest BCUT2D eigenvalue weighted by molar-refractivity contribution is 7.99. The molecule has 0 saturated carbocycles. The summed E-state index contributed by atoms with van der Waals surface area (Å²) < 4.78 is 1.95. The summed E-state index contributed by atoms with van der Waals surface area (Å²) in [6.45, 7) is 8.40. The third kappa shape index (κ3) is 4.66. The molecular weight excluding hydrogens is 310 g/mol. The average Bonchev–Trinajstić information content (AvgIpc) is 2.97. The van der Waals surface area contributed by atoms with Crippen LogP contribution in [0.2, 0.25) is 0 Å². The molecule has 7 heteroatoms. The van der Waals surface area contributed by atoms with Gasteiger partial charge in [0.25, 0.3) is 0 Å². The lowest BCUT2D eigenvalue weighted by Crippen LogP contribution is -2.33. The van der Waals surface area contributed by atoms with E-state index < -0.39 is 0 Å². The van der Waals surface area contributed by atoms with Gasteiger partial charge in [0.2, 0.25) is 5.91 Å². The third-order valence-electron chi connectivity index (χ3n) is 3.32. The van der Waals surface area contributed by atoms with Crippen LogP contribution in [0, 0.1) is 0 Å². The highest BCUT2D eigenvalue weighted by atomic mass is 32.2. The lowest BCUT2D eigenvalue weighted by atomic mass is 10.2. The summed E-state index contributed by atoms with van der Waals surface area (Å²) >= 11 is 1.38. The van der Waals surface area contributed by atoms with Crippen LogP contribution in [0.25, 0.3) is 11.4 Å². The maximum Gasteiger partial charge on any atom is 0.230 e. The molecular formula is C16H21N5OS. The van der Waals surface area contributed by atoms with Crippen LogP contribution in [-0.4, -0.2) is 37.5 Å². The van der Waals surface area contributed by atoms with E-state index in [-0.39, 0.29) is 11.9 Å². The molecule has 0 spiro atoms. The number of carbonyl (C=O) groups is 1. The van der Waals surface area contributed by atoms with Gasteiger partial charge in [0.1, 0.15) is 0 Å². The molecule has 1 unspecified atom stereocenters. The molecule has 0 saturated heterocycles. The van der Waals surface area contributed by atoms with Crippen molar-refractivity contribution < 1.29 is 4.79 Å². The number of amides is 1. The number of hydrogen-bond donors (Lipinski definition) is 1. The Balaban J connectivity index is 2.12. The zero-order valence-corrected chi connectivity index (χ0v) is 14.2. The smallest absolute Gasteiger partial charge is 0.230 e. The van der Waals surface area contributed by atoms with Gasteiger partial charge < -0.3 is 5.32 Å². The lowest BCUT2D eigenvalue weighted by Gasteiger charge is -2.11. The van der Waals surface area contributed by atoms with Gasteiger partial charge in [-0.3, -0.25) is 14.3 Å². The maximum absolute atomic E-state index is 11.9. The molecule has 1 amide bonds. The molecule has 1 atom stereocenters. The average molecular weight is 331 g/mol. The number of hydrogen-bond acceptors (Lipinski definition) is 5. The summed E-state index contributed by atoms with van der Waals surface area (Å²) in [5.74, 6) is 1.07. The first-order chi connectivity index (χ1) is 11.2. The fourth-order valence-electron chi connectivity index (χ4n) is 1.95. The molecule has 122 valence electrons. The van der Waals surface area contributed by atoms with E-state index in [1.165, 1.54) is 11.8 Å². The lowest BCUT2D eigenvalue weighted by molar-refractivity contribution is -0.119. The minimum absolute atomic E-state index is 0.00274. The Labute approximate surface area is 140 Å². The van der Waals surface area contributed by atoms with Crippen molar-refractivity contribution in [1.29, 1.82) is 0 Å². The van der Waals surface area contributed by atoms with Crippen LogP contribution in [0.5, 0.6) is 0 Å². The Bertz CT molecular complexity index is 656. The third-order valence-corrected chi connectivity index (χ3v) is 4.29. The quantitative estimate of drug-likeness (QED) is 0.594. The molecule has 0 aliphatic rings. The first kappa shape index (κ1) is 17.2. The Hall–Kier alpha value is -2.15. The van der Waals surface area contributed by atoms with E-state index in [1.54, 1.807) is 18.5 Å². The fraction of sp³-hybridized carbons (Fsp3) is 0.375. The number of nitrogens with one attached hydrogen (secondary N) is 1. The number of rotatable bonds is 8. The summed E-state index contributed by atoms with van der Waals surface area (Å²) in [6, 6.07) is 3.95. The van der Waals surface area contributed by atoms with Crippen LogP contribution in [-0.2, 0) is 11.3 Å². The van der Waals surface area contributed by atoms with Crippen LogP contribution in [0.4, 0.5) is 0 Å². The number of pyridine rings is 1. The van der Waals surface area contributed by atoms with Crippen LogP contribution in [0.15, 0.2) is 42.3 Å². The predicted octanol–water partition coefficient (Wildman–Crippen LogP) is 2.53. The van der Waals surface area contributed by atoms with E-state index in [4.69, 9.17) is 0 Å². The minimum atomic E-state index is 0.00274. The van der Waals surface area contributed by atoms with Crippen LogP contribution < -0.4 is 5.32 Å². The number of nitrogens with zero attached hydrogens (tertiary/aromatic N) is 4. The molecule has 0 radical (unpaired) electrons. The van der Waals surface area contributed by atoms with Gasteiger partial charge >= 0.3 is 0 Å².